The van der Waals surface area contributed by atoms with Crippen molar-refractivity contribution in [1.29, 1.82) is 0 Å². The predicted octanol–water partition coefficient (Wildman–Crippen LogP) is 1.29. The molecule has 0 saturated heterocycles. The largest absolute Gasteiger partial charge is 0.539 e. The van der Waals surface area contributed by atoms with Crippen molar-refractivity contribution in [1.82, 2.24) is 0 Å². The molecule has 0 heterocycles. The maximum atomic E-state index is 10.6. The number of benzene rings is 2. The Hall–Kier alpha value is -1.81. The first-order valence-corrected chi connectivity index (χ1v) is 4.56. The summed E-state index contributed by atoms with van der Waals surface area (Å²) in [5.74, 6) is 0.615. The minimum Gasteiger partial charge on any atom is -0.539 e. The molecule has 74 valence electrons. The summed E-state index contributed by atoms with van der Waals surface area (Å²) >= 11 is 0. The van der Waals surface area contributed by atoms with Crippen LogP contribution in [0, 0.1) is 0 Å². The highest BCUT2D eigenvalue weighted by atomic mass is 16.5. The molecule has 0 saturated carbocycles. The van der Waals surface area contributed by atoms with Gasteiger partial charge in [0.25, 0.3) is 0 Å². The van der Waals surface area contributed by atoms with Crippen LogP contribution in [0.2, 0.25) is 0 Å². The van der Waals surface area contributed by atoms with Crippen LogP contribution in [-0.4, -0.2) is 19.0 Å². The van der Waals surface area contributed by atoms with Crippen LogP contribution in [0.3, 0.4) is 0 Å². The topological polar surface area (TPSA) is 46.5 Å². The van der Waals surface area contributed by atoms with E-state index in [4.69, 9.17) is 9.68 Å². The average Bonchev–Trinajstić information content (AvgIpc) is 2.29. The molecule has 4 heteroatoms. The van der Waals surface area contributed by atoms with Crippen LogP contribution in [0.1, 0.15) is 10.4 Å². The lowest BCUT2D eigenvalue weighted by molar-refractivity contribution is 0.112. The quantitative estimate of drug-likeness (QED) is 0.599. The second kappa shape index (κ2) is 4.15. The van der Waals surface area contributed by atoms with Crippen molar-refractivity contribution >= 4 is 24.7 Å². The standard InChI is InChI=1S/C11H9BO3/c13-7-8-1-2-10-6-11(15-12-14)4-3-9(10)5-8/h1-7,12,14H. The fourth-order valence-corrected chi connectivity index (χ4v) is 1.48. The number of hydrogen-bond donors (Lipinski definition) is 1. The van der Waals surface area contributed by atoms with Crippen LogP contribution in [0.25, 0.3) is 10.8 Å². The molecular formula is C11H9BO3. The molecule has 2 rings (SSSR count). The van der Waals surface area contributed by atoms with Crippen molar-refractivity contribution in [2.24, 2.45) is 0 Å². The van der Waals surface area contributed by atoms with Crippen molar-refractivity contribution in [3.05, 3.63) is 42.0 Å². The number of hydrogen-bond acceptors (Lipinski definition) is 3. The summed E-state index contributed by atoms with van der Waals surface area (Å²) in [5.41, 5.74) is 0.651. The van der Waals surface area contributed by atoms with Crippen molar-refractivity contribution in [2.75, 3.05) is 0 Å². The van der Waals surface area contributed by atoms with E-state index >= 15 is 0 Å². The Bertz CT molecular complexity index is 496. The molecule has 0 amide bonds. The van der Waals surface area contributed by atoms with Gasteiger partial charge >= 0.3 is 7.69 Å². The van der Waals surface area contributed by atoms with Gasteiger partial charge in [0, 0.05) is 5.56 Å². The van der Waals surface area contributed by atoms with Crippen LogP contribution in [-0.2, 0) is 0 Å². The first kappa shape index (κ1) is 9.74. The minimum atomic E-state index is -0.335. The van der Waals surface area contributed by atoms with E-state index in [2.05, 4.69) is 0 Å². The molecule has 0 radical (unpaired) electrons. The zero-order chi connectivity index (χ0) is 10.7. The number of rotatable bonds is 3. The van der Waals surface area contributed by atoms with Gasteiger partial charge in [0.15, 0.2) is 0 Å². The highest BCUT2D eigenvalue weighted by molar-refractivity contribution is 6.17. The third-order valence-electron chi connectivity index (χ3n) is 2.20. The SMILES string of the molecule is O=Cc1ccc2cc(OBO)ccc2c1. The zero-order valence-corrected chi connectivity index (χ0v) is 8.01. The van der Waals surface area contributed by atoms with E-state index in [0.717, 1.165) is 17.1 Å². The second-order valence-electron chi connectivity index (χ2n) is 3.16. The van der Waals surface area contributed by atoms with Gasteiger partial charge in [-0.2, -0.15) is 0 Å². The van der Waals surface area contributed by atoms with Gasteiger partial charge in [-0.3, -0.25) is 4.79 Å². The first-order chi connectivity index (χ1) is 7.33. The highest BCUT2D eigenvalue weighted by Gasteiger charge is 1.98. The highest BCUT2D eigenvalue weighted by Crippen LogP contribution is 2.21. The molecule has 0 unspecified atom stereocenters. The van der Waals surface area contributed by atoms with Crippen molar-refractivity contribution in [2.45, 2.75) is 0 Å². The van der Waals surface area contributed by atoms with Crippen molar-refractivity contribution < 1.29 is 14.5 Å². The Morgan fingerprint density at radius 3 is 2.60 bits per heavy atom. The molecule has 15 heavy (non-hydrogen) atoms. The lowest BCUT2D eigenvalue weighted by Gasteiger charge is -2.04. The van der Waals surface area contributed by atoms with E-state index < -0.39 is 0 Å². The van der Waals surface area contributed by atoms with Crippen LogP contribution >= 0.6 is 0 Å². The molecule has 1 N–H and O–H groups in total. The Morgan fingerprint density at radius 1 is 1.13 bits per heavy atom. The number of carbonyl (C=O) groups is 1. The molecule has 0 bridgehead atoms. The Labute approximate surface area is 87.6 Å². The molecule has 0 spiro atoms. The molecule has 0 atom stereocenters. The third kappa shape index (κ3) is 2.00. The number of carbonyl (C=O) groups excluding carboxylic acids is 1. The Balaban J connectivity index is 2.49. The summed E-state index contributed by atoms with van der Waals surface area (Å²) in [6, 6.07) is 10.8. The predicted molar refractivity (Wildman–Crippen MR) is 59.3 cm³/mol. The summed E-state index contributed by atoms with van der Waals surface area (Å²) in [7, 11) is -0.335. The molecule has 2 aromatic rings. The summed E-state index contributed by atoms with van der Waals surface area (Å²) in [6.45, 7) is 0. The van der Waals surface area contributed by atoms with Gasteiger partial charge < -0.3 is 9.68 Å². The van der Waals surface area contributed by atoms with Crippen LogP contribution in [0.15, 0.2) is 36.4 Å². The Morgan fingerprint density at radius 2 is 1.87 bits per heavy atom. The fraction of sp³-hybridized carbons (Fsp3) is 0. The van der Waals surface area contributed by atoms with E-state index in [1.807, 2.05) is 24.3 Å². The van der Waals surface area contributed by atoms with E-state index in [0.29, 0.717) is 11.3 Å². The molecule has 0 aliphatic carbocycles. The van der Waals surface area contributed by atoms with E-state index in [-0.39, 0.29) is 7.69 Å². The van der Waals surface area contributed by atoms with Crippen LogP contribution < -0.4 is 4.65 Å². The monoisotopic (exact) mass is 200 g/mol. The minimum absolute atomic E-state index is 0.335. The van der Waals surface area contributed by atoms with E-state index in [1.54, 1.807) is 12.1 Å². The molecule has 3 nitrogen and oxygen atoms in total. The lowest BCUT2D eigenvalue weighted by atomic mass is 10.1. The molecule has 0 fully saturated rings. The van der Waals surface area contributed by atoms with Gasteiger partial charge in [0.2, 0.25) is 0 Å². The molecular weight excluding hydrogens is 191 g/mol. The van der Waals surface area contributed by atoms with Crippen LogP contribution in [0.5, 0.6) is 5.75 Å². The molecule has 0 aliphatic heterocycles. The van der Waals surface area contributed by atoms with Crippen molar-refractivity contribution in [3.63, 3.8) is 0 Å². The van der Waals surface area contributed by atoms with Gasteiger partial charge in [-0.1, -0.05) is 18.2 Å². The van der Waals surface area contributed by atoms with E-state index in [1.165, 1.54) is 0 Å². The van der Waals surface area contributed by atoms with Gasteiger partial charge in [-0.15, -0.1) is 0 Å². The van der Waals surface area contributed by atoms with Crippen molar-refractivity contribution in [3.8, 4) is 5.75 Å². The summed E-state index contributed by atoms with van der Waals surface area (Å²) < 4.78 is 4.96. The molecule has 0 aliphatic rings. The van der Waals surface area contributed by atoms with Gasteiger partial charge in [0.05, 0.1) is 0 Å². The smallest absolute Gasteiger partial charge is 0.504 e. The maximum absolute atomic E-state index is 10.6. The zero-order valence-electron chi connectivity index (χ0n) is 8.01. The molecule has 0 aromatic heterocycles. The summed E-state index contributed by atoms with van der Waals surface area (Å²) in [6.07, 6.45) is 0.817. The molecule has 2 aromatic carbocycles. The maximum Gasteiger partial charge on any atom is 0.504 e. The number of fused-ring (bicyclic) bond motifs is 1. The van der Waals surface area contributed by atoms with Gasteiger partial charge in [-0.25, -0.2) is 0 Å². The third-order valence-corrected chi connectivity index (χ3v) is 2.20. The normalized spacial score (nSPS) is 9.93. The summed E-state index contributed by atoms with van der Waals surface area (Å²) in [4.78, 5) is 10.6. The van der Waals surface area contributed by atoms with Gasteiger partial charge in [0.1, 0.15) is 12.0 Å². The number of aldehydes is 1. The van der Waals surface area contributed by atoms with Crippen LogP contribution in [0.4, 0.5) is 0 Å². The lowest BCUT2D eigenvalue weighted by Crippen LogP contribution is -1.99. The second-order valence-corrected chi connectivity index (χ2v) is 3.16. The van der Waals surface area contributed by atoms with Gasteiger partial charge in [-0.05, 0) is 29.0 Å². The Kier molecular flexibility index (Phi) is 2.69. The summed E-state index contributed by atoms with van der Waals surface area (Å²) in [5, 5.41) is 10.6. The fourth-order valence-electron chi connectivity index (χ4n) is 1.48. The van der Waals surface area contributed by atoms with E-state index in [9.17, 15) is 4.79 Å². The first-order valence-electron chi connectivity index (χ1n) is 4.56. The average molecular weight is 200 g/mol.